The topological polar surface area (TPSA) is 58.2 Å². The first-order valence-electron chi connectivity index (χ1n) is 6.55. The van der Waals surface area contributed by atoms with Gasteiger partial charge >= 0.3 is 0 Å². The van der Waals surface area contributed by atoms with Crippen LogP contribution in [0, 0.1) is 6.92 Å². The molecule has 2 N–H and O–H groups in total. The summed E-state index contributed by atoms with van der Waals surface area (Å²) in [6.07, 6.45) is 0.162. The fourth-order valence-corrected chi connectivity index (χ4v) is 2.27. The summed E-state index contributed by atoms with van der Waals surface area (Å²) in [5.41, 5.74) is 7.09. The lowest BCUT2D eigenvalue weighted by Gasteiger charge is -2.08. The molecule has 0 aliphatic carbocycles. The normalized spacial score (nSPS) is 10.1. The fraction of sp³-hybridized carbons (Fsp3) is 0.125. The van der Waals surface area contributed by atoms with Gasteiger partial charge in [-0.1, -0.05) is 45.7 Å². The highest BCUT2D eigenvalue weighted by Gasteiger charge is 2.09. The Hall–Kier alpha value is -1.85. The van der Waals surface area contributed by atoms with Crippen molar-refractivity contribution in [3.8, 4) is 0 Å². The molecule has 0 aliphatic rings. The van der Waals surface area contributed by atoms with Gasteiger partial charge in [-0.2, -0.15) is 0 Å². The molecule has 0 bridgehead atoms. The van der Waals surface area contributed by atoms with Crippen molar-refractivity contribution in [1.82, 2.24) is 10.9 Å². The lowest BCUT2D eigenvalue weighted by molar-refractivity contribution is -0.121. The molecule has 0 radical (unpaired) electrons. The number of hydrazine groups is 1. The van der Waals surface area contributed by atoms with Gasteiger partial charge in [0.25, 0.3) is 5.91 Å². The van der Waals surface area contributed by atoms with Gasteiger partial charge in [0, 0.05) is 15.1 Å². The Morgan fingerprint density at radius 2 is 1.77 bits per heavy atom. The van der Waals surface area contributed by atoms with Gasteiger partial charge < -0.3 is 0 Å². The summed E-state index contributed by atoms with van der Waals surface area (Å²) in [5.74, 6) is -0.674. The number of hydrogen-bond acceptors (Lipinski definition) is 2. The van der Waals surface area contributed by atoms with Gasteiger partial charge in [0.05, 0.1) is 6.42 Å². The lowest BCUT2D eigenvalue weighted by Crippen LogP contribution is -2.42. The third kappa shape index (κ3) is 4.58. The third-order valence-electron chi connectivity index (χ3n) is 3.03. The lowest BCUT2D eigenvalue weighted by atomic mass is 10.1. The van der Waals surface area contributed by atoms with Crippen molar-refractivity contribution >= 4 is 39.3 Å². The smallest absolute Gasteiger partial charge is 0.269 e. The molecule has 0 aromatic heterocycles. The summed E-state index contributed by atoms with van der Waals surface area (Å²) in [5, 5.41) is 0.613. The van der Waals surface area contributed by atoms with Crippen LogP contribution in [0.2, 0.25) is 5.02 Å². The SMILES string of the molecule is Cc1ccc(C(=O)NNC(=O)Cc2ccc(Cl)cc2)cc1Br. The molecule has 0 saturated heterocycles. The van der Waals surface area contributed by atoms with Gasteiger partial charge in [-0.15, -0.1) is 0 Å². The third-order valence-corrected chi connectivity index (χ3v) is 4.13. The maximum absolute atomic E-state index is 11.9. The van der Waals surface area contributed by atoms with Crippen LogP contribution in [0.15, 0.2) is 46.9 Å². The van der Waals surface area contributed by atoms with Crippen LogP contribution in [0.4, 0.5) is 0 Å². The molecule has 114 valence electrons. The van der Waals surface area contributed by atoms with Crippen LogP contribution in [-0.4, -0.2) is 11.8 Å². The zero-order valence-electron chi connectivity index (χ0n) is 11.8. The van der Waals surface area contributed by atoms with Gasteiger partial charge in [-0.05, 0) is 42.3 Å². The Balaban J connectivity index is 1.88. The largest absolute Gasteiger partial charge is 0.273 e. The summed E-state index contributed by atoms with van der Waals surface area (Å²) in [4.78, 5) is 23.7. The predicted molar refractivity (Wildman–Crippen MR) is 89.6 cm³/mol. The Morgan fingerprint density at radius 3 is 2.41 bits per heavy atom. The monoisotopic (exact) mass is 380 g/mol. The molecular formula is C16H14BrClN2O2. The molecule has 0 aliphatic heterocycles. The molecule has 2 rings (SSSR count). The molecule has 0 unspecified atom stereocenters. The number of aryl methyl sites for hydroxylation is 1. The number of rotatable bonds is 3. The molecule has 4 nitrogen and oxygen atoms in total. The van der Waals surface area contributed by atoms with Crippen molar-refractivity contribution in [2.24, 2.45) is 0 Å². The highest BCUT2D eigenvalue weighted by Crippen LogP contribution is 2.17. The number of benzene rings is 2. The van der Waals surface area contributed by atoms with Gasteiger partial charge in [0.1, 0.15) is 0 Å². The van der Waals surface area contributed by atoms with Crippen molar-refractivity contribution in [3.05, 3.63) is 68.7 Å². The van der Waals surface area contributed by atoms with E-state index in [1.807, 2.05) is 13.0 Å². The number of carbonyl (C=O) groups excluding carboxylic acids is 2. The molecule has 2 aromatic rings. The summed E-state index contributed by atoms with van der Waals surface area (Å²) < 4.78 is 0.840. The molecule has 0 atom stereocenters. The van der Waals surface area contributed by atoms with Crippen LogP contribution in [0.3, 0.4) is 0 Å². The predicted octanol–water partition coefficient (Wildman–Crippen LogP) is 3.41. The van der Waals surface area contributed by atoms with E-state index in [2.05, 4.69) is 26.8 Å². The first kappa shape index (κ1) is 16.5. The molecule has 0 heterocycles. The van der Waals surface area contributed by atoms with E-state index in [0.29, 0.717) is 10.6 Å². The van der Waals surface area contributed by atoms with E-state index in [1.54, 1.807) is 36.4 Å². The number of carbonyl (C=O) groups is 2. The zero-order valence-corrected chi connectivity index (χ0v) is 14.2. The minimum Gasteiger partial charge on any atom is -0.273 e. The maximum Gasteiger partial charge on any atom is 0.269 e. The first-order valence-corrected chi connectivity index (χ1v) is 7.72. The summed E-state index contributed by atoms with van der Waals surface area (Å²) in [6, 6.07) is 12.2. The second kappa shape index (κ2) is 7.42. The Morgan fingerprint density at radius 1 is 1.09 bits per heavy atom. The second-order valence-electron chi connectivity index (χ2n) is 4.77. The van der Waals surface area contributed by atoms with Crippen molar-refractivity contribution in [2.45, 2.75) is 13.3 Å². The van der Waals surface area contributed by atoms with E-state index in [1.165, 1.54) is 0 Å². The van der Waals surface area contributed by atoms with Crippen molar-refractivity contribution < 1.29 is 9.59 Å². The van der Waals surface area contributed by atoms with Gasteiger partial charge in [-0.3, -0.25) is 20.4 Å². The van der Waals surface area contributed by atoms with Crippen molar-refractivity contribution in [2.75, 3.05) is 0 Å². The minimum absolute atomic E-state index is 0.162. The summed E-state index contributed by atoms with van der Waals surface area (Å²) in [7, 11) is 0. The average Bonchev–Trinajstić information content (AvgIpc) is 2.50. The van der Waals surface area contributed by atoms with Gasteiger partial charge in [-0.25, -0.2) is 0 Å². The van der Waals surface area contributed by atoms with Gasteiger partial charge in [0.2, 0.25) is 5.91 Å². The molecule has 0 spiro atoms. The standard InChI is InChI=1S/C16H14BrClN2O2/c1-10-2-5-12(9-14(10)17)16(22)20-19-15(21)8-11-3-6-13(18)7-4-11/h2-7,9H,8H2,1H3,(H,19,21)(H,20,22). The number of nitrogens with one attached hydrogen (secondary N) is 2. The van der Waals surface area contributed by atoms with Crippen LogP contribution < -0.4 is 10.9 Å². The highest BCUT2D eigenvalue weighted by atomic mass is 79.9. The second-order valence-corrected chi connectivity index (χ2v) is 6.06. The Kier molecular flexibility index (Phi) is 5.57. The molecule has 2 aromatic carbocycles. The Bertz CT molecular complexity index is 702. The van der Waals surface area contributed by atoms with E-state index < -0.39 is 0 Å². The van der Waals surface area contributed by atoms with E-state index in [4.69, 9.17) is 11.6 Å². The molecule has 6 heteroatoms. The fourth-order valence-electron chi connectivity index (χ4n) is 1.76. The van der Waals surface area contributed by atoms with Crippen LogP contribution in [-0.2, 0) is 11.2 Å². The first-order chi connectivity index (χ1) is 10.5. The summed E-state index contributed by atoms with van der Waals surface area (Å²) in [6.45, 7) is 1.93. The van der Waals surface area contributed by atoms with E-state index in [9.17, 15) is 9.59 Å². The molecular weight excluding hydrogens is 368 g/mol. The van der Waals surface area contributed by atoms with E-state index in [-0.39, 0.29) is 18.2 Å². The quantitative estimate of drug-likeness (QED) is 0.801. The maximum atomic E-state index is 11.9. The average molecular weight is 382 g/mol. The molecule has 0 saturated carbocycles. The van der Waals surface area contributed by atoms with E-state index >= 15 is 0 Å². The highest BCUT2D eigenvalue weighted by molar-refractivity contribution is 9.10. The Labute approximate surface area is 142 Å². The number of hydrogen-bond donors (Lipinski definition) is 2. The van der Waals surface area contributed by atoms with Crippen molar-refractivity contribution in [1.29, 1.82) is 0 Å². The van der Waals surface area contributed by atoms with Crippen LogP contribution in [0.25, 0.3) is 0 Å². The molecule has 2 amide bonds. The van der Waals surface area contributed by atoms with E-state index in [0.717, 1.165) is 15.6 Å². The number of halogens is 2. The van der Waals surface area contributed by atoms with Crippen LogP contribution in [0.1, 0.15) is 21.5 Å². The minimum atomic E-state index is -0.370. The van der Waals surface area contributed by atoms with Gasteiger partial charge in [0.15, 0.2) is 0 Å². The summed E-state index contributed by atoms with van der Waals surface area (Å²) >= 11 is 9.15. The van der Waals surface area contributed by atoms with Crippen molar-refractivity contribution in [3.63, 3.8) is 0 Å². The number of amides is 2. The zero-order chi connectivity index (χ0) is 16.1. The van der Waals surface area contributed by atoms with Crippen LogP contribution >= 0.6 is 27.5 Å². The van der Waals surface area contributed by atoms with Crippen LogP contribution in [0.5, 0.6) is 0 Å². The molecule has 22 heavy (non-hydrogen) atoms. The molecule has 0 fully saturated rings.